The molecule has 1 heterocycles. The smallest absolute Gasteiger partial charge is 0.0666 e. The minimum absolute atomic E-state index is 0.425. The van der Waals surface area contributed by atoms with Crippen molar-refractivity contribution in [2.45, 2.75) is 36.9 Å². The molecule has 0 saturated carbocycles. The summed E-state index contributed by atoms with van der Waals surface area (Å²) in [5.74, 6) is 0. The van der Waals surface area contributed by atoms with Gasteiger partial charge in [0.2, 0.25) is 0 Å². The summed E-state index contributed by atoms with van der Waals surface area (Å²) in [6.07, 6.45) is 1.62. The molecule has 0 amide bonds. The van der Waals surface area contributed by atoms with Crippen molar-refractivity contribution in [2.24, 2.45) is 5.73 Å². The lowest BCUT2D eigenvalue weighted by molar-refractivity contribution is 0.127. The highest BCUT2D eigenvalue weighted by Gasteiger charge is 2.25. The first-order chi connectivity index (χ1) is 5.24. The second-order valence-electron chi connectivity index (χ2n) is 3.09. The van der Waals surface area contributed by atoms with Crippen molar-refractivity contribution in [3.8, 4) is 0 Å². The number of nitrogens with two attached hydrogens (primary N) is 1. The zero-order valence-electron chi connectivity index (χ0n) is 7.25. The molecule has 3 unspecified atom stereocenters. The van der Waals surface area contributed by atoms with Crippen molar-refractivity contribution in [3.63, 3.8) is 0 Å². The highest BCUT2D eigenvalue weighted by molar-refractivity contribution is 8.00. The second kappa shape index (κ2) is 4.33. The molecule has 0 aliphatic carbocycles. The first kappa shape index (κ1) is 9.36. The molecule has 66 valence electrons. The van der Waals surface area contributed by atoms with Crippen molar-refractivity contribution in [3.05, 3.63) is 0 Å². The van der Waals surface area contributed by atoms with Crippen molar-refractivity contribution in [1.82, 2.24) is 0 Å². The maximum absolute atomic E-state index is 5.53. The quantitative estimate of drug-likeness (QED) is 0.701. The van der Waals surface area contributed by atoms with E-state index in [1.165, 1.54) is 6.42 Å². The average molecular weight is 175 g/mol. The Morgan fingerprint density at radius 3 is 2.91 bits per heavy atom. The number of hydrogen-bond donors (Lipinski definition) is 1. The molecule has 1 rings (SSSR count). The third-order valence-corrected chi connectivity index (χ3v) is 3.67. The van der Waals surface area contributed by atoms with Crippen LogP contribution >= 0.6 is 11.8 Å². The zero-order chi connectivity index (χ0) is 8.27. The van der Waals surface area contributed by atoms with Gasteiger partial charge in [-0.15, -0.1) is 0 Å². The first-order valence-electron chi connectivity index (χ1n) is 4.21. The van der Waals surface area contributed by atoms with Crippen molar-refractivity contribution >= 4 is 11.8 Å². The van der Waals surface area contributed by atoms with Crippen molar-refractivity contribution in [2.75, 3.05) is 13.2 Å². The van der Waals surface area contributed by atoms with E-state index in [2.05, 4.69) is 13.8 Å². The Morgan fingerprint density at radius 2 is 2.45 bits per heavy atom. The molecule has 2 nitrogen and oxygen atoms in total. The van der Waals surface area contributed by atoms with Gasteiger partial charge in [0, 0.05) is 23.7 Å². The Kier molecular flexibility index (Phi) is 3.69. The fourth-order valence-electron chi connectivity index (χ4n) is 1.24. The molecule has 3 heteroatoms. The van der Waals surface area contributed by atoms with Crippen LogP contribution in [0.25, 0.3) is 0 Å². The zero-order valence-corrected chi connectivity index (χ0v) is 8.06. The lowest BCUT2D eigenvalue weighted by atomic mass is 10.3. The SMILES string of the molecule is CC(CN)SC1CCOC1C. The van der Waals surface area contributed by atoms with Crippen molar-refractivity contribution in [1.29, 1.82) is 0 Å². The van der Waals surface area contributed by atoms with Crippen LogP contribution in [0.2, 0.25) is 0 Å². The van der Waals surface area contributed by atoms with Crippen LogP contribution in [0.1, 0.15) is 20.3 Å². The van der Waals surface area contributed by atoms with E-state index in [-0.39, 0.29) is 0 Å². The largest absolute Gasteiger partial charge is 0.377 e. The lowest BCUT2D eigenvalue weighted by Gasteiger charge is -2.17. The van der Waals surface area contributed by atoms with Gasteiger partial charge in [-0.05, 0) is 13.3 Å². The summed E-state index contributed by atoms with van der Waals surface area (Å²) in [7, 11) is 0. The fourth-order valence-corrected chi connectivity index (χ4v) is 2.48. The van der Waals surface area contributed by atoms with E-state index >= 15 is 0 Å². The van der Waals surface area contributed by atoms with E-state index in [4.69, 9.17) is 10.5 Å². The van der Waals surface area contributed by atoms with E-state index in [1.54, 1.807) is 0 Å². The van der Waals surface area contributed by atoms with E-state index in [0.717, 1.165) is 13.2 Å². The van der Waals surface area contributed by atoms with Crippen molar-refractivity contribution < 1.29 is 4.74 Å². The minimum atomic E-state index is 0.425. The Balaban J connectivity index is 2.24. The van der Waals surface area contributed by atoms with Gasteiger partial charge in [0.15, 0.2) is 0 Å². The lowest BCUT2D eigenvalue weighted by Crippen LogP contribution is -2.21. The van der Waals surface area contributed by atoms with E-state index in [0.29, 0.717) is 16.6 Å². The van der Waals surface area contributed by atoms with Gasteiger partial charge in [0.25, 0.3) is 0 Å². The molecule has 0 spiro atoms. The molecule has 3 atom stereocenters. The van der Waals surface area contributed by atoms with Crippen LogP contribution in [0.3, 0.4) is 0 Å². The molecule has 1 aliphatic rings. The van der Waals surface area contributed by atoms with Gasteiger partial charge in [-0.25, -0.2) is 0 Å². The van der Waals surface area contributed by atoms with Crippen LogP contribution in [-0.4, -0.2) is 29.8 Å². The summed E-state index contributed by atoms with van der Waals surface area (Å²) < 4.78 is 5.45. The molecular formula is C8H17NOS. The molecule has 11 heavy (non-hydrogen) atoms. The van der Waals surface area contributed by atoms with Crippen LogP contribution in [0.5, 0.6) is 0 Å². The highest BCUT2D eigenvalue weighted by Crippen LogP contribution is 2.28. The molecule has 0 radical (unpaired) electrons. The van der Waals surface area contributed by atoms with Gasteiger partial charge in [-0.1, -0.05) is 6.92 Å². The van der Waals surface area contributed by atoms with Gasteiger partial charge in [-0.2, -0.15) is 11.8 Å². The second-order valence-corrected chi connectivity index (χ2v) is 4.77. The van der Waals surface area contributed by atoms with E-state index in [1.807, 2.05) is 11.8 Å². The van der Waals surface area contributed by atoms with Crippen LogP contribution in [0.15, 0.2) is 0 Å². The maximum Gasteiger partial charge on any atom is 0.0666 e. The standard InChI is InChI=1S/C8H17NOS/c1-6(5-9)11-8-3-4-10-7(8)2/h6-8H,3-5,9H2,1-2H3. The van der Waals surface area contributed by atoms with Gasteiger partial charge in [0.05, 0.1) is 6.10 Å². The Bertz CT molecular complexity index is 121. The molecule has 2 N–H and O–H groups in total. The molecule has 1 fully saturated rings. The number of hydrogen-bond acceptors (Lipinski definition) is 3. The number of thioether (sulfide) groups is 1. The Hall–Kier alpha value is 0.270. The van der Waals surface area contributed by atoms with E-state index in [9.17, 15) is 0 Å². The average Bonchev–Trinajstić information content (AvgIpc) is 2.37. The topological polar surface area (TPSA) is 35.2 Å². The third-order valence-electron chi connectivity index (χ3n) is 2.05. The Labute approximate surface area is 72.9 Å². The molecule has 0 aromatic rings. The third kappa shape index (κ3) is 2.65. The highest BCUT2D eigenvalue weighted by atomic mass is 32.2. The van der Waals surface area contributed by atoms with Crippen LogP contribution in [-0.2, 0) is 4.74 Å². The molecule has 1 saturated heterocycles. The van der Waals surface area contributed by atoms with Gasteiger partial charge >= 0.3 is 0 Å². The summed E-state index contributed by atoms with van der Waals surface area (Å²) in [5.41, 5.74) is 5.53. The summed E-state index contributed by atoms with van der Waals surface area (Å²) >= 11 is 1.97. The van der Waals surface area contributed by atoms with E-state index < -0.39 is 0 Å². The maximum atomic E-state index is 5.53. The molecule has 0 aromatic carbocycles. The molecular weight excluding hydrogens is 158 g/mol. The number of ether oxygens (including phenoxy) is 1. The molecule has 0 aromatic heterocycles. The fraction of sp³-hybridized carbons (Fsp3) is 1.00. The predicted octanol–water partition coefficient (Wildman–Crippen LogP) is 1.24. The predicted molar refractivity (Wildman–Crippen MR) is 49.9 cm³/mol. The molecule has 1 aliphatic heterocycles. The van der Waals surface area contributed by atoms with Gasteiger partial charge in [0.1, 0.15) is 0 Å². The summed E-state index contributed by atoms with van der Waals surface area (Å²) in [6, 6.07) is 0. The van der Waals surface area contributed by atoms with Crippen LogP contribution in [0, 0.1) is 0 Å². The number of rotatable bonds is 3. The summed E-state index contributed by atoms with van der Waals surface area (Å²) in [6.45, 7) is 6.02. The van der Waals surface area contributed by atoms with Crippen LogP contribution in [0.4, 0.5) is 0 Å². The van der Waals surface area contributed by atoms with Crippen LogP contribution < -0.4 is 5.73 Å². The Morgan fingerprint density at radius 1 is 1.73 bits per heavy atom. The minimum Gasteiger partial charge on any atom is -0.377 e. The van der Waals surface area contributed by atoms with Gasteiger partial charge in [-0.3, -0.25) is 0 Å². The monoisotopic (exact) mass is 175 g/mol. The normalized spacial score (nSPS) is 34.1. The summed E-state index contributed by atoms with van der Waals surface area (Å²) in [5, 5.41) is 1.25. The summed E-state index contributed by atoms with van der Waals surface area (Å²) in [4.78, 5) is 0. The first-order valence-corrected chi connectivity index (χ1v) is 5.15. The molecule has 0 bridgehead atoms. The van der Waals surface area contributed by atoms with Gasteiger partial charge < -0.3 is 10.5 Å².